The molecule has 1 aromatic carbocycles. The van der Waals surface area contributed by atoms with E-state index in [0.717, 1.165) is 35.3 Å². The van der Waals surface area contributed by atoms with E-state index in [0.29, 0.717) is 10.9 Å². The first kappa shape index (κ1) is 13.6. The van der Waals surface area contributed by atoms with Crippen molar-refractivity contribution in [1.82, 2.24) is 0 Å². The number of nitrogens with zero attached hydrogens (tertiary/aromatic N) is 1. The average Bonchev–Trinajstić information content (AvgIpc) is 2.32. The Bertz CT molecular complexity index is 461. The Kier molecular flexibility index (Phi) is 4.13. The lowest BCUT2D eigenvalue weighted by atomic mass is 9.88. The summed E-state index contributed by atoms with van der Waals surface area (Å²) in [5, 5.41) is 0.733. The van der Waals surface area contributed by atoms with E-state index < -0.39 is 0 Å². The minimum Gasteiger partial charge on any atom is -0.389 e. The molecule has 0 aromatic heterocycles. The summed E-state index contributed by atoms with van der Waals surface area (Å²) in [5.41, 5.74) is 7.80. The van der Waals surface area contributed by atoms with Crippen LogP contribution < -0.4 is 10.6 Å². The molecule has 1 heterocycles. The van der Waals surface area contributed by atoms with E-state index in [1.54, 1.807) is 0 Å². The van der Waals surface area contributed by atoms with E-state index in [4.69, 9.17) is 29.6 Å². The smallest absolute Gasteiger partial charge is 0.106 e. The van der Waals surface area contributed by atoms with Crippen molar-refractivity contribution in [2.24, 2.45) is 17.6 Å². The van der Waals surface area contributed by atoms with Gasteiger partial charge in [-0.3, -0.25) is 0 Å². The van der Waals surface area contributed by atoms with Gasteiger partial charge in [-0.15, -0.1) is 0 Å². The molecule has 1 aromatic rings. The number of benzene rings is 1. The lowest BCUT2D eigenvalue weighted by molar-refractivity contribution is 0.324. The Morgan fingerprint density at radius 2 is 2.11 bits per heavy atom. The second kappa shape index (κ2) is 5.45. The van der Waals surface area contributed by atoms with Crippen LogP contribution in [0.3, 0.4) is 0 Å². The number of nitrogens with two attached hydrogens (primary N) is 1. The minimum absolute atomic E-state index is 0.438. The Hall–Kier alpha value is -0.800. The zero-order valence-electron chi connectivity index (χ0n) is 10.8. The Labute approximate surface area is 119 Å². The second-order valence-electron chi connectivity index (χ2n) is 5.21. The van der Waals surface area contributed by atoms with Gasteiger partial charge in [-0.25, -0.2) is 0 Å². The summed E-state index contributed by atoms with van der Waals surface area (Å²) in [6, 6.07) is 5.73. The Balaban J connectivity index is 2.32. The van der Waals surface area contributed by atoms with Crippen LogP contribution >= 0.6 is 23.8 Å². The summed E-state index contributed by atoms with van der Waals surface area (Å²) in [7, 11) is 0. The number of halogens is 1. The molecule has 2 N–H and O–H groups in total. The fourth-order valence-corrected chi connectivity index (χ4v) is 2.80. The van der Waals surface area contributed by atoms with Crippen molar-refractivity contribution in [3.63, 3.8) is 0 Å². The third kappa shape index (κ3) is 2.78. The summed E-state index contributed by atoms with van der Waals surface area (Å²) < 4.78 is 0. The molecule has 2 nitrogen and oxygen atoms in total. The number of thiocarbonyl (C=S) groups is 1. The van der Waals surface area contributed by atoms with E-state index in [9.17, 15) is 0 Å². The lowest BCUT2D eigenvalue weighted by Crippen LogP contribution is -2.39. The maximum Gasteiger partial charge on any atom is 0.106 e. The number of rotatable bonds is 2. The number of hydrogen-bond acceptors (Lipinski definition) is 2. The van der Waals surface area contributed by atoms with Gasteiger partial charge in [0.15, 0.2) is 0 Å². The summed E-state index contributed by atoms with van der Waals surface area (Å²) in [4.78, 5) is 2.79. The van der Waals surface area contributed by atoms with Crippen LogP contribution in [-0.4, -0.2) is 18.1 Å². The maximum atomic E-state index is 6.10. The minimum atomic E-state index is 0.438. The summed E-state index contributed by atoms with van der Waals surface area (Å²) >= 11 is 11.2. The topological polar surface area (TPSA) is 29.3 Å². The van der Waals surface area contributed by atoms with E-state index in [1.165, 1.54) is 6.42 Å². The molecule has 1 saturated heterocycles. The van der Waals surface area contributed by atoms with Crippen molar-refractivity contribution in [2.45, 2.75) is 20.3 Å². The molecule has 0 saturated carbocycles. The van der Waals surface area contributed by atoms with E-state index in [-0.39, 0.29) is 0 Å². The summed E-state index contributed by atoms with van der Waals surface area (Å²) in [6.45, 7) is 6.69. The molecule has 0 amide bonds. The van der Waals surface area contributed by atoms with Crippen molar-refractivity contribution in [2.75, 3.05) is 18.0 Å². The van der Waals surface area contributed by atoms with Crippen LogP contribution in [0, 0.1) is 11.8 Å². The van der Waals surface area contributed by atoms with Crippen LogP contribution in [-0.2, 0) is 0 Å². The fraction of sp³-hybridized carbons (Fsp3) is 0.500. The standard InChI is InChI=1S/C14H19ClN2S/c1-9-5-6-17(8-10(9)2)13-7-11(15)3-4-12(13)14(16)18/h3-4,7,9-10H,5-6,8H2,1-2H3,(H2,16,18). The highest BCUT2D eigenvalue weighted by Gasteiger charge is 2.24. The molecular weight excluding hydrogens is 264 g/mol. The van der Waals surface area contributed by atoms with Gasteiger partial charge in [-0.2, -0.15) is 0 Å². The average molecular weight is 283 g/mol. The molecular formula is C14H19ClN2S. The molecule has 2 rings (SSSR count). The van der Waals surface area contributed by atoms with Crippen LogP contribution in [0.5, 0.6) is 0 Å². The van der Waals surface area contributed by atoms with Crippen molar-refractivity contribution in [3.8, 4) is 0 Å². The van der Waals surface area contributed by atoms with Gasteiger partial charge in [0.25, 0.3) is 0 Å². The molecule has 0 aliphatic carbocycles. The number of hydrogen-bond donors (Lipinski definition) is 1. The first-order valence-electron chi connectivity index (χ1n) is 6.33. The van der Waals surface area contributed by atoms with Gasteiger partial charge in [0.05, 0.1) is 0 Å². The van der Waals surface area contributed by atoms with Gasteiger partial charge in [-0.1, -0.05) is 37.7 Å². The quantitative estimate of drug-likeness (QED) is 0.843. The van der Waals surface area contributed by atoms with Crippen molar-refractivity contribution < 1.29 is 0 Å². The van der Waals surface area contributed by atoms with Gasteiger partial charge in [-0.05, 0) is 36.5 Å². The van der Waals surface area contributed by atoms with E-state index in [2.05, 4.69) is 18.7 Å². The zero-order chi connectivity index (χ0) is 13.3. The van der Waals surface area contributed by atoms with Crippen molar-refractivity contribution >= 4 is 34.5 Å². The Morgan fingerprint density at radius 1 is 1.39 bits per heavy atom. The highest BCUT2D eigenvalue weighted by atomic mass is 35.5. The molecule has 4 heteroatoms. The summed E-state index contributed by atoms with van der Waals surface area (Å²) in [5.74, 6) is 1.45. The second-order valence-corrected chi connectivity index (χ2v) is 6.09. The van der Waals surface area contributed by atoms with Gasteiger partial charge >= 0.3 is 0 Å². The molecule has 1 aliphatic rings. The highest BCUT2D eigenvalue weighted by Crippen LogP contribution is 2.31. The predicted molar refractivity (Wildman–Crippen MR) is 82.5 cm³/mol. The Morgan fingerprint density at radius 3 is 2.72 bits per heavy atom. The van der Waals surface area contributed by atoms with Crippen molar-refractivity contribution in [1.29, 1.82) is 0 Å². The largest absolute Gasteiger partial charge is 0.389 e. The molecule has 0 spiro atoms. The number of anilines is 1. The number of piperidine rings is 1. The van der Waals surface area contributed by atoms with Crippen LogP contribution in [0.25, 0.3) is 0 Å². The van der Waals surface area contributed by atoms with E-state index in [1.807, 2.05) is 18.2 Å². The molecule has 1 fully saturated rings. The highest BCUT2D eigenvalue weighted by molar-refractivity contribution is 7.80. The first-order valence-corrected chi connectivity index (χ1v) is 7.12. The third-order valence-electron chi connectivity index (χ3n) is 3.90. The fourth-order valence-electron chi connectivity index (χ4n) is 2.46. The first-order chi connectivity index (χ1) is 8.49. The summed E-state index contributed by atoms with van der Waals surface area (Å²) in [6.07, 6.45) is 1.20. The molecule has 2 atom stereocenters. The van der Waals surface area contributed by atoms with Gasteiger partial charge in [0.2, 0.25) is 0 Å². The van der Waals surface area contributed by atoms with Crippen LogP contribution in [0.4, 0.5) is 5.69 Å². The maximum absolute atomic E-state index is 6.10. The molecule has 0 radical (unpaired) electrons. The molecule has 1 aliphatic heterocycles. The van der Waals surface area contributed by atoms with Gasteiger partial charge < -0.3 is 10.6 Å². The van der Waals surface area contributed by atoms with E-state index >= 15 is 0 Å². The normalized spacial score (nSPS) is 24.1. The van der Waals surface area contributed by atoms with Crippen LogP contribution in [0.1, 0.15) is 25.8 Å². The molecule has 98 valence electrons. The lowest BCUT2D eigenvalue weighted by Gasteiger charge is -2.37. The van der Waals surface area contributed by atoms with Crippen LogP contribution in [0.15, 0.2) is 18.2 Å². The van der Waals surface area contributed by atoms with Crippen molar-refractivity contribution in [3.05, 3.63) is 28.8 Å². The third-order valence-corrected chi connectivity index (χ3v) is 4.36. The predicted octanol–water partition coefficient (Wildman–Crippen LogP) is 3.46. The zero-order valence-corrected chi connectivity index (χ0v) is 12.4. The molecule has 18 heavy (non-hydrogen) atoms. The SMILES string of the molecule is CC1CCN(c2cc(Cl)ccc2C(N)=S)CC1C. The van der Waals surface area contributed by atoms with Gasteiger partial charge in [0.1, 0.15) is 4.99 Å². The van der Waals surface area contributed by atoms with Gasteiger partial charge in [0, 0.05) is 29.4 Å². The molecule has 0 bridgehead atoms. The monoisotopic (exact) mass is 282 g/mol. The van der Waals surface area contributed by atoms with Crippen LogP contribution in [0.2, 0.25) is 5.02 Å². The molecule has 2 unspecified atom stereocenters.